The molecule has 1 atom stereocenters. The molecule has 21 heavy (non-hydrogen) atoms. The standard InChI is InChI=1S/C14H17NO5S/c16-9-15-12(14(19)20)5-6-21-8-11-4-2-1-3-10(11)7-13(17)18/h1-4,9,12H,5-8H2,(H,15,16)(H,17,18)(H,19,20). The van der Waals surface area contributed by atoms with E-state index in [4.69, 9.17) is 10.2 Å². The van der Waals surface area contributed by atoms with Gasteiger partial charge in [0.05, 0.1) is 6.42 Å². The molecule has 0 spiro atoms. The van der Waals surface area contributed by atoms with Crippen molar-refractivity contribution in [2.75, 3.05) is 5.75 Å². The zero-order valence-corrected chi connectivity index (χ0v) is 12.1. The van der Waals surface area contributed by atoms with Gasteiger partial charge in [-0.2, -0.15) is 11.8 Å². The second-order valence-electron chi connectivity index (χ2n) is 4.36. The highest BCUT2D eigenvalue weighted by atomic mass is 32.2. The molecule has 114 valence electrons. The van der Waals surface area contributed by atoms with Gasteiger partial charge in [-0.25, -0.2) is 4.79 Å². The van der Waals surface area contributed by atoms with Gasteiger partial charge < -0.3 is 15.5 Å². The molecule has 1 unspecified atom stereocenters. The smallest absolute Gasteiger partial charge is 0.326 e. The van der Waals surface area contributed by atoms with Gasteiger partial charge in [0.1, 0.15) is 6.04 Å². The summed E-state index contributed by atoms with van der Waals surface area (Å²) in [6, 6.07) is 6.39. The number of rotatable bonds is 10. The molecule has 1 rings (SSSR count). The van der Waals surface area contributed by atoms with Crippen LogP contribution in [-0.2, 0) is 26.6 Å². The molecule has 6 nitrogen and oxygen atoms in total. The highest BCUT2D eigenvalue weighted by molar-refractivity contribution is 7.98. The van der Waals surface area contributed by atoms with Crippen molar-refractivity contribution in [3.8, 4) is 0 Å². The fourth-order valence-corrected chi connectivity index (χ4v) is 2.83. The molecule has 0 bridgehead atoms. The number of carbonyl (C=O) groups excluding carboxylic acids is 1. The minimum Gasteiger partial charge on any atom is -0.481 e. The van der Waals surface area contributed by atoms with Gasteiger partial charge in [0.25, 0.3) is 0 Å². The lowest BCUT2D eigenvalue weighted by Gasteiger charge is -2.11. The van der Waals surface area contributed by atoms with E-state index >= 15 is 0 Å². The van der Waals surface area contributed by atoms with Crippen LogP contribution in [0.5, 0.6) is 0 Å². The summed E-state index contributed by atoms with van der Waals surface area (Å²) in [5.41, 5.74) is 1.69. The third-order valence-electron chi connectivity index (χ3n) is 2.84. The topological polar surface area (TPSA) is 104 Å². The molecule has 1 aromatic rings. The molecule has 1 aromatic carbocycles. The quantitative estimate of drug-likeness (QED) is 0.442. The molecule has 0 fully saturated rings. The summed E-state index contributed by atoms with van der Waals surface area (Å²) < 4.78 is 0. The Hall–Kier alpha value is -2.02. The summed E-state index contributed by atoms with van der Waals surface area (Å²) in [5, 5.41) is 20.0. The Morgan fingerprint density at radius 1 is 1.24 bits per heavy atom. The molecule has 3 N–H and O–H groups in total. The average Bonchev–Trinajstić information content (AvgIpc) is 2.43. The average molecular weight is 311 g/mol. The molecule has 0 saturated heterocycles. The third kappa shape index (κ3) is 6.31. The molecular formula is C14H17NO5S. The van der Waals surface area contributed by atoms with Crippen LogP contribution in [0, 0.1) is 0 Å². The Bertz CT molecular complexity index is 506. The minimum absolute atomic E-state index is 0.0266. The van der Waals surface area contributed by atoms with Gasteiger partial charge in [0.15, 0.2) is 0 Å². The Balaban J connectivity index is 2.47. The number of thioether (sulfide) groups is 1. The summed E-state index contributed by atoms with van der Waals surface area (Å²) >= 11 is 1.51. The second-order valence-corrected chi connectivity index (χ2v) is 5.46. The van der Waals surface area contributed by atoms with Crippen LogP contribution in [0.25, 0.3) is 0 Å². The lowest BCUT2D eigenvalue weighted by Crippen LogP contribution is -2.36. The van der Waals surface area contributed by atoms with Crippen LogP contribution >= 0.6 is 11.8 Å². The van der Waals surface area contributed by atoms with Crippen molar-refractivity contribution in [1.82, 2.24) is 5.32 Å². The zero-order chi connectivity index (χ0) is 15.7. The zero-order valence-electron chi connectivity index (χ0n) is 11.3. The first kappa shape index (κ1) is 17.0. The fourth-order valence-electron chi connectivity index (χ4n) is 1.78. The van der Waals surface area contributed by atoms with Crippen molar-refractivity contribution < 1.29 is 24.6 Å². The molecule has 0 aliphatic rings. The maximum absolute atomic E-state index is 10.8. The first-order chi connectivity index (χ1) is 10.0. The summed E-state index contributed by atoms with van der Waals surface area (Å²) in [7, 11) is 0. The van der Waals surface area contributed by atoms with Crippen molar-refractivity contribution in [1.29, 1.82) is 0 Å². The maximum atomic E-state index is 10.8. The number of carboxylic acid groups (broad SMARTS) is 2. The van der Waals surface area contributed by atoms with E-state index in [0.29, 0.717) is 24.3 Å². The summed E-state index contributed by atoms with van der Waals surface area (Å²) in [4.78, 5) is 31.9. The van der Waals surface area contributed by atoms with Crippen LogP contribution in [0.1, 0.15) is 17.5 Å². The van der Waals surface area contributed by atoms with Crippen LogP contribution in [0.15, 0.2) is 24.3 Å². The molecular weight excluding hydrogens is 294 g/mol. The van der Waals surface area contributed by atoms with Crippen molar-refractivity contribution in [2.45, 2.75) is 24.6 Å². The lowest BCUT2D eigenvalue weighted by molar-refractivity contribution is -0.140. The number of hydrogen-bond acceptors (Lipinski definition) is 4. The van der Waals surface area contributed by atoms with E-state index in [-0.39, 0.29) is 6.42 Å². The maximum Gasteiger partial charge on any atom is 0.326 e. The molecule has 0 heterocycles. The van der Waals surface area contributed by atoms with Crippen LogP contribution in [0.4, 0.5) is 0 Å². The summed E-state index contributed by atoms with van der Waals surface area (Å²) in [6.45, 7) is 0. The van der Waals surface area contributed by atoms with Gasteiger partial charge in [-0.1, -0.05) is 24.3 Å². The number of carbonyl (C=O) groups is 3. The van der Waals surface area contributed by atoms with Gasteiger partial charge in [-0.05, 0) is 23.3 Å². The summed E-state index contributed by atoms with van der Waals surface area (Å²) in [5.74, 6) is -0.779. The third-order valence-corrected chi connectivity index (χ3v) is 3.88. The van der Waals surface area contributed by atoms with Gasteiger partial charge in [-0.15, -0.1) is 0 Å². The van der Waals surface area contributed by atoms with E-state index in [1.165, 1.54) is 11.8 Å². The molecule has 0 aliphatic heterocycles. The predicted molar refractivity (Wildman–Crippen MR) is 79.2 cm³/mol. The second kappa shape index (κ2) is 9.02. The molecule has 0 saturated carbocycles. The van der Waals surface area contributed by atoms with E-state index in [1.807, 2.05) is 12.1 Å². The SMILES string of the molecule is O=CNC(CCSCc1ccccc1CC(=O)O)C(=O)O. The normalized spacial score (nSPS) is 11.6. The number of carboxylic acids is 2. The van der Waals surface area contributed by atoms with E-state index < -0.39 is 18.0 Å². The molecule has 1 amide bonds. The molecule has 0 aliphatic carbocycles. The first-order valence-electron chi connectivity index (χ1n) is 6.33. The number of nitrogens with one attached hydrogen (secondary N) is 1. The number of aliphatic carboxylic acids is 2. The van der Waals surface area contributed by atoms with E-state index in [2.05, 4.69) is 5.32 Å². The predicted octanol–water partition coefficient (Wildman–Crippen LogP) is 1.14. The van der Waals surface area contributed by atoms with E-state index in [1.54, 1.807) is 12.1 Å². The molecule has 0 radical (unpaired) electrons. The first-order valence-corrected chi connectivity index (χ1v) is 7.49. The van der Waals surface area contributed by atoms with Gasteiger partial charge in [0.2, 0.25) is 6.41 Å². The Morgan fingerprint density at radius 2 is 1.90 bits per heavy atom. The van der Waals surface area contributed by atoms with Crippen LogP contribution in [-0.4, -0.2) is 40.4 Å². The number of hydrogen-bond donors (Lipinski definition) is 3. The van der Waals surface area contributed by atoms with Crippen molar-refractivity contribution in [2.24, 2.45) is 0 Å². The Kier molecular flexibility index (Phi) is 7.31. The monoisotopic (exact) mass is 311 g/mol. The van der Waals surface area contributed by atoms with Crippen molar-refractivity contribution in [3.63, 3.8) is 0 Å². The Labute approximate surface area is 126 Å². The van der Waals surface area contributed by atoms with Gasteiger partial charge in [-0.3, -0.25) is 9.59 Å². The van der Waals surface area contributed by atoms with Crippen molar-refractivity contribution >= 4 is 30.1 Å². The number of amides is 1. The molecule has 7 heteroatoms. The van der Waals surface area contributed by atoms with Crippen LogP contribution in [0.3, 0.4) is 0 Å². The van der Waals surface area contributed by atoms with E-state index in [0.717, 1.165) is 11.1 Å². The summed E-state index contributed by atoms with van der Waals surface area (Å²) in [6.07, 6.45) is 0.673. The van der Waals surface area contributed by atoms with Gasteiger partial charge in [0, 0.05) is 5.75 Å². The molecule has 0 aromatic heterocycles. The Morgan fingerprint density at radius 3 is 2.48 bits per heavy atom. The van der Waals surface area contributed by atoms with Crippen molar-refractivity contribution in [3.05, 3.63) is 35.4 Å². The minimum atomic E-state index is -1.06. The van der Waals surface area contributed by atoms with E-state index in [9.17, 15) is 14.4 Å². The largest absolute Gasteiger partial charge is 0.481 e. The highest BCUT2D eigenvalue weighted by Gasteiger charge is 2.15. The van der Waals surface area contributed by atoms with Crippen LogP contribution < -0.4 is 5.32 Å². The number of benzene rings is 1. The van der Waals surface area contributed by atoms with Gasteiger partial charge >= 0.3 is 11.9 Å². The fraction of sp³-hybridized carbons (Fsp3) is 0.357. The lowest BCUT2D eigenvalue weighted by atomic mass is 10.1. The highest BCUT2D eigenvalue weighted by Crippen LogP contribution is 2.18. The van der Waals surface area contributed by atoms with Crippen LogP contribution in [0.2, 0.25) is 0 Å².